The monoisotopic (exact) mass is 488 g/mol. The van der Waals surface area contributed by atoms with Crippen molar-refractivity contribution in [3.8, 4) is 28.4 Å². The van der Waals surface area contributed by atoms with Crippen molar-refractivity contribution >= 4 is 38.8 Å². The van der Waals surface area contributed by atoms with E-state index in [1.807, 2.05) is 32.0 Å². The number of aromatic nitrogens is 1. The van der Waals surface area contributed by atoms with Crippen molar-refractivity contribution in [1.82, 2.24) is 4.98 Å². The molecule has 0 fully saturated rings. The van der Waals surface area contributed by atoms with E-state index in [4.69, 9.17) is 29.7 Å². The lowest BCUT2D eigenvalue weighted by atomic mass is 9.93. The van der Waals surface area contributed by atoms with Gasteiger partial charge in [0, 0.05) is 22.1 Å². The molecule has 2 aromatic carbocycles. The second-order valence-electron chi connectivity index (χ2n) is 7.95. The molecule has 0 amide bonds. The molecule has 4 aromatic rings. The molecule has 2 aromatic heterocycles. The smallest absolute Gasteiger partial charge is 0.231 e. The molecule has 0 radical (unpaired) electrons. The van der Waals surface area contributed by atoms with Crippen LogP contribution in [0.1, 0.15) is 33.4 Å². The lowest BCUT2D eigenvalue weighted by Gasteiger charge is -2.17. The average molecular weight is 489 g/mol. The van der Waals surface area contributed by atoms with Crippen LogP contribution in [0.15, 0.2) is 49.0 Å². The first-order valence-corrected chi connectivity index (χ1v) is 11.9. The molecule has 7 nitrogen and oxygen atoms in total. The van der Waals surface area contributed by atoms with Crippen molar-refractivity contribution in [2.24, 2.45) is 0 Å². The summed E-state index contributed by atoms with van der Waals surface area (Å²) in [6.07, 6.45) is 0. The van der Waals surface area contributed by atoms with Crippen molar-refractivity contribution in [2.75, 3.05) is 26.2 Å². The zero-order valence-corrected chi connectivity index (χ0v) is 20.5. The molecule has 2 N–H and O–H groups in total. The number of benzene rings is 2. The number of methoxy groups -OCH3 is 1. The van der Waals surface area contributed by atoms with E-state index in [0.29, 0.717) is 56.0 Å². The number of nitrogens with zero attached hydrogens (tertiary/aromatic N) is 1. The van der Waals surface area contributed by atoms with Gasteiger partial charge in [-0.3, -0.25) is 4.79 Å². The molecule has 5 rings (SSSR count). The van der Waals surface area contributed by atoms with Crippen LogP contribution in [0.5, 0.6) is 17.2 Å². The van der Waals surface area contributed by atoms with Gasteiger partial charge in [0.1, 0.15) is 21.2 Å². The van der Waals surface area contributed by atoms with E-state index in [9.17, 15) is 4.79 Å². The largest absolute Gasteiger partial charge is 0.497 e. The molecule has 0 saturated heterocycles. The fourth-order valence-electron chi connectivity index (χ4n) is 4.24. The number of ether oxygens (including phenoxy) is 4. The van der Waals surface area contributed by atoms with Gasteiger partial charge >= 0.3 is 0 Å². The van der Waals surface area contributed by atoms with Crippen LogP contribution >= 0.6 is 11.3 Å². The maximum atomic E-state index is 13.4. The van der Waals surface area contributed by atoms with E-state index in [1.165, 1.54) is 11.3 Å². The fourth-order valence-corrected chi connectivity index (χ4v) is 5.35. The van der Waals surface area contributed by atoms with E-state index in [-0.39, 0.29) is 12.6 Å². The Morgan fingerprint density at radius 3 is 2.63 bits per heavy atom. The van der Waals surface area contributed by atoms with Gasteiger partial charge in [0.15, 0.2) is 11.5 Å². The molecule has 8 heteroatoms. The predicted octanol–water partition coefficient (Wildman–Crippen LogP) is 5.83. The van der Waals surface area contributed by atoms with Crippen molar-refractivity contribution in [1.29, 1.82) is 0 Å². The first-order chi connectivity index (χ1) is 16.9. The minimum atomic E-state index is -0.173. The average Bonchev–Trinajstić information content (AvgIpc) is 3.46. The minimum absolute atomic E-state index is 0.170. The summed E-state index contributed by atoms with van der Waals surface area (Å²) < 4.78 is 22.1. The van der Waals surface area contributed by atoms with Gasteiger partial charge in [-0.1, -0.05) is 12.6 Å². The van der Waals surface area contributed by atoms with Gasteiger partial charge in [-0.25, -0.2) is 4.98 Å². The molecule has 178 valence electrons. The third kappa shape index (κ3) is 3.85. The Morgan fingerprint density at radius 1 is 1.17 bits per heavy atom. The Morgan fingerprint density at radius 2 is 1.91 bits per heavy atom. The number of fused-ring (bicyclic) bond motifs is 2. The number of pyridine rings is 1. The number of hydrogen-bond donors (Lipinski definition) is 1. The Hall–Kier alpha value is -4.04. The molecular formula is C27H24N2O5S. The highest BCUT2D eigenvalue weighted by Crippen LogP contribution is 2.46. The number of anilines is 1. The number of nitrogens with two attached hydrogens (primary N) is 1. The standard InChI is InChI=1S/C27H24N2O5S/c1-5-32-15(3)21-14(2)29-27-23(22(21)17-8-11-19-20(12-17)34-13-33-19)24(28)26(35-27)25(30)16-6-9-18(31-4)10-7-16/h6-12H,3,5,13,28H2,1-2,4H3. The van der Waals surface area contributed by atoms with Gasteiger partial charge in [0.05, 0.1) is 25.1 Å². The lowest BCUT2D eigenvalue weighted by molar-refractivity contribution is 0.104. The van der Waals surface area contributed by atoms with E-state index in [1.54, 1.807) is 31.4 Å². The number of aryl methyl sites for hydroxylation is 1. The molecule has 0 bridgehead atoms. The third-order valence-corrected chi connectivity index (χ3v) is 6.97. The van der Waals surface area contributed by atoms with Crippen LogP contribution in [0.4, 0.5) is 5.69 Å². The van der Waals surface area contributed by atoms with Gasteiger partial charge in [-0.05, 0) is 55.8 Å². The molecular weight excluding hydrogens is 464 g/mol. The number of thiophene rings is 1. The summed E-state index contributed by atoms with van der Waals surface area (Å²) in [6, 6.07) is 12.7. The van der Waals surface area contributed by atoms with Crippen LogP contribution in [-0.2, 0) is 4.74 Å². The second kappa shape index (κ2) is 8.96. The molecule has 0 unspecified atom stereocenters. The number of carbonyl (C=O) groups excluding carboxylic acids is 1. The number of ketones is 1. The van der Waals surface area contributed by atoms with E-state index in [2.05, 4.69) is 6.58 Å². The van der Waals surface area contributed by atoms with Gasteiger partial charge in [-0.2, -0.15) is 0 Å². The van der Waals surface area contributed by atoms with Gasteiger partial charge in [0.25, 0.3) is 0 Å². The molecule has 1 aliphatic heterocycles. The Balaban J connectivity index is 1.75. The van der Waals surface area contributed by atoms with E-state index in [0.717, 1.165) is 22.4 Å². The quantitative estimate of drug-likeness (QED) is 0.258. The van der Waals surface area contributed by atoms with Crippen LogP contribution in [0.25, 0.3) is 27.1 Å². The predicted molar refractivity (Wildman–Crippen MR) is 137 cm³/mol. The molecule has 0 saturated carbocycles. The SMILES string of the molecule is C=C(OCC)c1c(C)nc2sc(C(=O)c3ccc(OC)cc3)c(N)c2c1-c1ccc2c(c1)OCO2. The van der Waals surface area contributed by atoms with Crippen molar-refractivity contribution in [2.45, 2.75) is 13.8 Å². The molecule has 3 heterocycles. The zero-order valence-electron chi connectivity index (χ0n) is 19.6. The summed E-state index contributed by atoms with van der Waals surface area (Å²) in [7, 11) is 1.58. The third-order valence-electron chi connectivity index (χ3n) is 5.87. The minimum Gasteiger partial charge on any atom is -0.497 e. The highest BCUT2D eigenvalue weighted by Gasteiger charge is 2.27. The summed E-state index contributed by atoms with van der Waals surface area (Å²) in [6.45, 7) is 8.57. The van der Waals surface area contributed by atoms with E-state index < -0.39 is 0 Å². The van der Waals surface area contributed by atoms with Crippen LogP contribution in [0, 0.1) is 6.92 Å². The Labute approximate surface area is 206 Å². The fraction of sp³-hybridized carbons (Fsp3) is 0.185. The number of hydrogen-bond acceptors (Lipinski definition) is 8. The van der Waals surface area contributed by atoms with Crippen molar-refractivity contribution in [3.05, 3.63) is 70.7 Å². The Bertz CT molecular complexity index is 1470. The first kappa shape index (κ1) is 22.7. The molecule has 0 atom stereocenters. The van der Waals surface area contributed by atoms with Crippen LogP contribution in [0.2, 0.25) is 0 Å². The maximum absolute atomic E-state index is 13.4. The van der Waals surface area contributed by atoms with Crippen LogP contribution in [0.3, 0.4) is 0 Å². The lowest BCUT2D eigenvalue weighted by Crippen LogP contribution is -2.03. The summed E-state index contributed by atoms with van der Waals surface area (Å²) in [4.78, 5) is 19.3. The molecule has 1 aliphatic rings. The molecule has 0 aliphatic carbocycles. The molecule has 35 heavy (non-hydrogen) atoms. The normalized spacial score (nSPS) is 12.1. The highest BCUT2D eigenvalue weighted by atomic mass is 32.1. The summed E-state index contributed by atoms with van der Waals surface area (Å²) >= 11 is 1.28. The van der Waals surface area contributed by atoms with E-state index >= 15 is 0 Å². The maximum Gasteiger partial charge on any atom is 0.231 e. The van der Waals surface area contributed by atoms with Gasteiger partial charge < -0.3 is 24.7 Å². The zero-order chi connectivity index (χ0) is 24.7. The number of rotatable bonds is 7. The summed E-state index contributed by atoms with van der Waals surface area (Å²) in [5, 5.41) is 0.687. The topological polar surface area (TPSA) is 92.9 Å². The van der Waals surface area contributed by atoms with Crippen LogP contribution < -0.4 is 19.9 Å². The van der Waals surface area contributed by atoms with Crippen LogP contribution in [-0.4, -0.2) is 31.3 Å². The number of carbonyl (C=O) groups is 1. The summed E-state index contributed by atoms with van der Waals surface area (Å²) in [5.74, 6) is 2.30. The second-order valence-corrected chi connectivity index (χ2v) is 8.95. The van der Waals surface area contributed by atoms with Gasteiger partial charge in [0.2, 0.25) is 12.6 Å². The van der Waals surface area contributed by atoms with Crippen molar-refractivity contribution < 1.29 is 23.7 Å². The summed E-state index contributed by atoms with van der Waals surface area (Å²) in [5.41, 5.74) is 10.7. The van der Waals surface area contributed by atoms with Crippen molar-refractivity contribution in [3.63, 3.8) is 0 Å². The Kier molecular flexibility index (Phi) is 5.82. The first-order valence-electron chi connectivity index (χ1n) is 11.1. The van der Waals surface area contributed by atoms with Gasteiger partial charge in [-0.15, -0.1) is 11.3 Å². The number of nitrogen functional groups attached to an aromatic ring is 1. The highest BCUT2D eigenvalue weighted by molar-refractivity contribution is 7.21. The molecule has 0 spiro atoms.